The molecule has 6 heteroatoms. The summed E-state index contributed by atoms with van der Waals surface area (Å²) in [7, 11) is 0. The smallest absolute Gasteiger partial charge is 0.234 e. The molecule has 1 unspecified atom stereocenters. The maximum Gasteiger partial charge on any atom is 0.234 e. The summed E-state index contributed by atoms with van der Waals surface area (Å²) >= 11 is 0. The van der Waals surface area contributed by atoms with Gasteiger partial charge in [-0.1, -0.05) is 19.1 Å². The molecular formula is C20H31N3O3. The highest BCUT2D eigenvalue weighted by atomic mass is 16.5. The number of rotatable bonds is 8. The second-order valence-corrected chi connectivity index (χ2v) is 6.79. The van der Waals surface area contributed by atoms with Crippen molar-refractivity contribution in [2.24, 2.45) is 0 Å². The summed E-state index contributed by atoms with van der Waals surface area (Å²) < 4.78 is 5.42. The molecule has 144 valence electrons. The van der Waals surface area contributed by atoms with Gasteiger partial charge in [0.25, 0.3) is 0 Å². The lowest BCUT2D eigenvalue weighted by Crippen LogP contribution is -2.52. The Bertz CT molecular complexity index is 580. The normalized spacial score (nSPS) is 16.2. The van der Waals surface area contributed by atoms with E-state index >= 15 is 0 Å². The van der Waals surface area contributed by atoms with Gasteiger partial charge in [0.15, 0.2) is 0 Å². The zero-order valence-electron chi connectivity index (χ0n) is 16.2. The Hall–Kier alpha value is -2.08. The van der Waals surface area contributed by atoms with Crippen molar-refractivity contribution in [3.63, 3.8) is 0 Å². The summed E-state index contributed by atoms with van der Waals surface area (Å²) in [5.41, 5.74) is 0.994. The first-order valence-corrected chi connectivity index (χ1v) is 9.53. The maximum absolute atomic E-state index is 12.5. The van der Waals surface area contributed by atoms with Crippen molar-refractivity contribution in [1.29, 1.82) is 0 Å². The summed E-state index contributed by atoms with van der Waals surface area (Å²) in [5.74, 6) is 1.03. The van der Waals surface area contributed by atoms with Crippen molar-refractivity contribution in [2.75, 3.05) is 39.3 Å². The lowest BCUT2D eigenvalue weighted by molar-refractivity contribution is -0.132. The van der Waals surface area contributed by atoms with Crippen molar-refractivity contribution in [3.05, 3.63) is 29.8 Å². The lowest BCUT2D eigenvalue weighted by atomic mass is 10.1. The first-order valence-electron chi connectivity index (χ1n) is 9.53. The molecule has 1 heterocycles. The molecule has 0 radical (unpaired) electrons. The van der Waals surface area contributed by atoms with Crippen molar-refractivity contribution in [3.8, 4) is 5.75 Å². The lowest BCUT2D eigenvalue weighted by Gasteiger charge is -2.34. The predicted molar refractivity (Wildman–Crippen MR) is 102 cm³/mol. The zero-order valence-corrected chi connectivity index (χ0v) is 16.2. The van der Waals surface area contributed by atoms with Crippen LogP contribution in [0, 0.1) is 0 Å². The standard InChI is InChI=1S/C20H31N3O3/c1-4-16(3)21-19(24)15-22-10-12-23(13-11-22)20(25)14-17-6-8-18(9-7-17)26-5-2/h6-9,16H,4-5,10-15H2,1-3H3,(H,21,24). The SMILES string of the molecule is CCOc1ccc(CC(=O)N2CCN(CC(=O)NC(C)CC)CC2)cc1. The Labute approximate surface area is 156 Å². The molecule has 26 heavy (non-hydrogen) atoms. The predicted octanol–water partition coefficient (Wildman–Crippen LogP) is 1.69. The quantitative estimate of drug-likeness (QED) is 0.765. The molecule has 1 fully saturated rings. The van der Waals surface area contributed by atoms with Crippen LogP contribution in [0.3, 0.4) is 0 Å². The van der Waals surface area contributed by atoms with Crippen LogP contribution in [0.1, 0.15) is 32.8 Å². The summed E-state index contributed by atoms with van der Waals surface area (Å²) in [6.45, 7) is 9.88. The third-order valence-corrected chi connectivity index (χ3v) is 4.70. The Kier molecular flexibility index (Phi) is 7.91. The van der Waals surface area contributed by atoms with Gasteiger partial charge in [-0.25, -0.2) is 0 Å². The van der Waals surface area contributed by atoms with E-state index in [0.717, 1.165) is 30.8 Å². The van der Waals surface area contributed by atoms with Crippen LogP contribution in [0.25, 0.3) is 0 Å². The molecule has 0 spiro atoms. The van der Waals surface area contributed by atoms with Gasteiger partial charge in [-0.15, -0.1) is 0 Å². The van der Waals surface area contributed by atoms with Gasteiger partial charge in [0.1, 0.15) is 5.75 Å². The number of nitrogens with zero attached hydrogens (tertiary/aromatic N) is 2. The average molecular weight is 361 g/mol. The number of amides is 2. The van der Waals surface area contributed by atoms with E-state index in [4.69, 9.17) is 4.74 Å². The van der Waals surface area contributed by atoms with Crippen LogP contribution in [0.4, 0.5) is 0 Å². The molecule has 2 rings (SSSR count). The van der Waals surface area contributed by atoms with Gasteiger partial charge in [0, 0.05) is 32.2 Å². The molecule has 0 saturated carbocycles. The largest absolute Gasteiger partial charge is 0.494 e. The number of ether oxygens (including phenoxy) is 1. The average Bonchev–Trinajstić information content (AvgIpc) is 2.64. The van der Waals surface area contributed by atoms with Gasteiger partial charge in [-0.2, -0.15) is 0 Å². The third-order valence-electron chi connectivity index (χ3n) is 4.70. The van der Waals surface area contributed by atoms with Gasteiger partial charge < -0.3 is 15.0 Å². The molecular weight excluding hydrogens is 330 g/mol. The number of hydrogen-bond acceptors (Lipinski definition) is 4. The fraction of sp³-hybridized carbons (Fsp3) is 0.600. The topological polar surface area (TPSA) is 61.9 Å². The van der Waals surface area contributed by atoms with E-state index in [-0.39, 0.29) is 17.9 Å². The molecule has 1 aliphatic rings. The van der Waals surface area contributed by atoms with Crippen LogP contribution >= 0.6 is 0 Å². The first-order chi connectivity index (χ1) is 12.5. The molecule has 0 bridgehead atoms. The molecule has 0 aromatic heterocycles. The molecule has 1 aromatic carbocycles. The highest BCUT2D eigenvalue weighted by Crippen LogP contribution is 2.13. The maximum atomic E-state index is 12.5. The van der Waals surface area contributed by atoms with E-state index in [1.807, 2.05) is 43.0 Å². The number of carbonyl (C=O) groups is 2. The van der Waals surface area contributed by atoms with E-state index in [0.29, 0.717) is 32.7 Å². The van der Waals surface area contributed by atoms with E-state index in [9.17, 15) is 9.59 Å². The number of hydrogen-bond donors (Lipinski definition) is 1. The minimum atomic E-state index is 0.0634. The van der Waals surface area contributed by atoms with Crippen LogP contribution in [0.2, 0.25) is 0 Å². The van der Waals surface area contributed by atoms with Crippen LogP contribution in [0.15, 0.2) is 24.3 Å². The Morgan fingerprint density at radius 1 is 1.12 bits per heavy atom. The second-order valence-electron chi connectivity index (χ2n) is 6.79. The van der Waals surface area contributed by atoms with Crippen molar-refractivity contribution < 1.29 is 14.3 Å². The van der Waals surface area contributed by atoms with Crippen molar-refractivity contribution >= 4 is 11.8 Å². The molecule has 1 aliphatic heterocycles. The van der Waals surface area contributed by atoms with E-state index in [1.54, 1.807) is 0 Å². The van der Waals surface area contributed by atoms with Gasteiger partial charge in [-0.3, -0.25) is 14.5 Å². The van der Waals surface area contributed by atoms with Crippen LogP contribution in [-0.4, -0.2) is 67.0 Å². The number of benzene rings is 1. The van der Waals surface area contributed by atoms with Crippen molar-refractivity contribution in [1.82, 2.24) is 15.1 Å². The Morgan fingerprint density at radius 3 is 2.35 bits per heavy atom. The number of nitrogens with one attached hydrogen (secondary N) is 1. The van der Waals surface area contributed by atoms with Gasteiger partial charge >= 0.3 is 0 Å². The molecule has 2 amide bonds. The second kappa shape index (κ2) is 10.2. The first kappa shape index (κ1) is 20.2. The highest BCUT2D eigenvalue weighted by molar-refractivity contribution is 5.79. The van der Waals surface area contributed by atoms with Crippen LogP contribution < -0.4 is 10.1 Å². The third kappa shape index (κ3) is 6.33. The van der Waals surface area contributed by atoms with Gasteiger partial charge in [0.2, 0.25) is 11.8 Å². The van der Waals surface area contributed by atoms with Gasteiger partial charge in [-0.05, 0) is 38.0 Å². The van der Waals surface area contributed by atoms with E-state index in [1.165, 1.54) is 0 Å². The fourth-order valence-electron chi connectivity index (χ4n) is 2.94. The summed E-state index contributed by atoms with van der Waals surface area (Å²) in [5, 5.41) is 2.99. The summed E-state index contributed by atoms with van der Waals surface area (Å²) in [6, 6.07) is 7.90. The monoisotopic (exact) mass is 361 g/mol. The minimum Gasteiger partial charge on any atom is -0.494 e. The highest BCUT2D eigenvalue weighted by Gasteiger charge is 2.22. The Balaban J connectivity index is 1.74. The molecule has 1 saturated heterocycles. The molecule has 6 nitrogen and oxygen atoms in total. The molecule has 1 N–H and O–H groups in total. The molecule has 1 aromatic rings. The van der Waals surface area contributed by atoms with E-state index in [2.05, 4.69) is 17.1 Å². The van der Waals surface area contributed by atoms with E-state index < -0.39 is 0 Å². The summed E-state index contributed by atoms with van der Waals surface area (Å²) in [4.78, 5) is 28.5. The molecule has 0 aliphatic carbocycles. The molecule has 1 atom stereocenters. The van der Waals surface area contributed by atoms with Crippen LogP contribution in [-0.2, 0) is 16.0 Å². The number of carbonyl (C=O) groups excluding carboxylic acids is 2. The van der Waals surface area contributed by atoms with Gasteiger partial charge in [0.05, 0.1) is 19.6 Å². The number of piperazine rings is 1. The fourth-order valence-corrected chi connectivity index (χ4v) is 2.94. The van der Waals surface area contributed by atoms with Crippen LogP contribution in [0.5, 0.6) is 5.75 Å². The zero-order chi connectivity index (χ0) is 18.9. The summed E-state index contributed by atoms with van der Waals surface area (Å²) in [6.07, 6.45) is 1.33. The van der Waals surface area contributed by atoms with Crippen molar-refractivity contribution in [2.45, 2.75) is 39.7 Å². The minimum absolute atomic E-state index is 0.0634. The Morgan fingerprint density at radius 2 is 1.77 bits per heavy atom.